The van der Waals surface area contributed by atoms with Gasteiger partial charge in [-0.15, -0.1) is 0 Å². The number of hydrogen-bond donors (Lipinski definition) is 1. The number of carbonyl (C=O) groups is 1. The Morgan fingerprint density at radius 2 is 1.88 bits per heavy atom. The molecule has 2 aromatic carbocycles. The summed E-state index contributed by atoms with van der Waals surface area (Å²) < 4.78 is 0.727. The zero-order chi connectivity index (χ0) is 18.1. The highest BCUT2D eigenvalue weighted by molar-refractivity contribution is 9.10. The van der Waals surface area contributed by atoms with E-state index in [2.05, 4.69) is 42.0 Å². The van der Waals surface area contributed by atoms with Crippen LogP contribution in [0.3, 0.4) is 0 Å². The fourth-order valence-electron chi connectivity index (χ4n) is 2.07. The minimum absolute atomic E-state index is 0.0194. The molecule has 1 N–H and O–H groups in total. The Hall–Kier alpha value is -1.92. The highest BCUT2D eigenvalue weighted by atomic mass is 79.9. The van der Waals surface area contributed by atoms with E-state index in [0.717, 1.165) is 16.1 Å². The SMILES string of the molecule is CC(C)(C)c1ccc(NC(=O)c2cc([N+](=O)[O-])ccc2Cl)c(Br)c1. The van der Waals surface area contributed by atoms with E-state index in [9.17, 15) is 14.9 Å². The van der Waals surface area contributed by atoms with Crippen LogP contribution in [0.4, 0.5) is 11.4 Å². The predicted molar refractivity (Wildman–Crippen MR) is 98.9 cm³/mol. The van der Waals surface area contributed by atoms with E-state index in [1.165, 1.54) is 12.1 Å². The average Bonchev–Trinajstić information content (AvgIpc) is 2.48. The van der Waals surface area contributed by atoms with Gasteiger partial charge in [-0.05, 0) is 45.1 Å². The molecule has 0 unspecified atom stereocenters. The second-order valence-electron chi connectivity index (χ2n) is 6.32. The van der Waals surface area contributed by atoms with Gasteiger partial charge in [-0.25, -0.2) is 0 Å². The summed E-state index contributed by atoms with van der Waals surface area (Å²) in [5, 5.41) is 13.7. The van der Waals surface area contributed by atoms with Crippen LogP contribution in [-0.4, -0.2) is 10.8 Å². The van der Waals surface area contributed by atoms with Crippen LogP contribution in [0.2, 0.25) is 5.02 Å². The van der Waals surface area contributed by atoms with Crippen LogP contribution in [0.15, 0.2) is 40.9 Å². The molecule has 0 radical (unpaired) electrons. The van der Waals surface area contributed by atoms with Crippen molar-refractivity contribution >= 4 is 44.8 Å². The second kappa shape index (κ2) is 6.91. The summed E-state index contributed by atoms with van der Waals surface area (Å²) in [5.41, 5.74) is 1.52. The van der Waals surface area contributed by atoms with Gasteiger partial charge in [-0.1, -0.05) is 38.4 Å². The fourth-order valence-corrected chi connectivity index (χ4v) is 2.75. The van der Waals surface area contributed by atoms with Crippen molar-refractivity contribution in [3.63, 3.8) is 0 Å². The van der Waals surface area contributed by atoms with Crippen molar-refractivity contribution in [2.24, 2.45) is 0 Å². The molecule has 1 amide bonds. The van der Waals surface area contributed by atoms with Crippen LogP contribution in [0.5, 0.6) is 0 Å². The minimum atomic E-state index is -0.568. The van der Waals surface area contributed by atoms with Gasteiger partial charge < -0.3 is 5.32 Å². The third kappa shape index (κ3) is 4.13. The lowest BCUT2D eigenvalue weighted by Gasteiger charge is -2.20. The number of carbonyl (C=O) groups excluding carboxylic acids is 1. The first-order valence-electron chi connectivity index (χ1n) is 7.15. The molecule has 0 heterocycles. The number of nitrogens with one attached hydrogen (secondary N) is 1. The van der Waals surface area contributed by atoms with Gasteiger partial charge in [0.25, 0.3) is 11.6 Å². The number of anilines is 1. The van der Waals surface area contributed by atoms with Gasteiger partial charge in [-0.3, -0.25) is 14.9 Å². The molecule has 2 aromatic rings. The van der Waals surface area contributed by atoms with Crippen LogP contribution < -0.4 is 5.32 Å². The van der Waals surface area contributed by atoms with Crippen molar-refractivity contribution in [2.45, 2.75) is 26.2 Å². The summed E-state index contributed by atoms with van der Waals surface area (Å²) in [6, 6.07) is 9.41. The van der Waals surface area contributed by atoms with E-state index in [-0.39, 0.29) is 21.7 Å². The van der Waals surface area contributed by atoms with Crippen LogP contribution in [0.25, 0.3) is 0 Å². The molecule has 0 fully saturated rings. The first-order chi connectivity index (χ1) is 11.1. The highest BCUT2D eigenvalue weighted by Gasteiger charge is 2.18. The van der Waals surface area contributed by atoms with Crippen LogP contribution in [-0.2, 0) is 5.41 Å². The Kier molecular flexibility index (Phi) is 5.30. The van der Waals surface area contributed by atoms with E-state index < -0.39 is 10.8 Å². The zero-order valence-corrected chi connectivity index (χ0v) is 15.7. The van der Waals surface area contributed by atoms with Gasteiger partial charge in [0.05, 0.1) is 21.2 Å². The normalized spacial score (nSPS) is 11.2. The number of nitrogens with zero attached hydrogens (tertiary/aromatic N) is 1. The smallest absolute Gasteiger partial charge is 0.270 e. The van der Waals surface area contributed by atoms with Crippen LogP contribution in [0.1, 0.15) is 36.7 Å². The zero-order valence-electron chi connectivity index (χ0n) is 13.4. The van der Waals surface area contributed by atoms with Crippen molar-refractivity contribution in [3.05, 3.63) is 67.1 Å². The summed E-state index contributed by atoms with van der Waals surface area (Å²) in [4.78, 5) is 22.7. The van der Waals surface area contributed by atoms with Crippen molar-refractivity contribution < 1.29 is 9.72 Å². The fraction of sp³-hybridized carbons (Fsp3) is 0.235. The van der Waals surface area contributed by atoms with Crippen molar-refractivity contribution in [1.29, 1.82) is 0 Å². The summed E-state index contributed by atoms with van der Waals surface area (Å²) in [7, 11) is 0. The quantitative estimate of drug-likeness (QED) is 0.531. The number of hydrogen-bond acceptors (Lipinski definition) is 3. The molecule has 0 saturated heterocycles. The number of benzene rings is 2. The molecule has 0 atom stereocenters. The molecule has 0 aliphatic rings. The number of nitro groups is 1. The average molecular weight is 412 g/mol. The Morgan fingerprint density at radius 1 is 1.21 bits per heavy atom. The third-order valence-corrected chi connectivity index (χ3v) is 4.47. The lowest BCUT2D eigenvalue weighted by Crippen LogP contribution is -2.15. The van der Waals surface area contributed by atoms with Gasteiger partial charge in [0.1, 0.15) is 0 Å². The van der Waals surface area contributed by atoms with Crippen molar-refractivity contribution in [1.82, 2.24) is 0 Å². The van der Waals surface area contributed by atoms with E-state index in [4.69, 9.17) is 11.6 Å². The number of amides is 1. The maximum absolute atomic E-state index is 12.4. The standard InChI is InChI=1S/C17H16BrClN2O3/c1-17(2,3)10-4-7-15(13(18)8-10)20-16(22)12-9-11(21(23)24)5-6-14(12)19/h4-9H,1-3H3,(H,20,22). The third-order valence-electron chi connectivity index (χ3n) is 3.49. The van der Waals surface area contributed by atoms with Gasteiger partial charge in [-0.2, -0.15) is 0 Å². The van der Waals surface area contributed by atoms with E-state index >= 15 is 0 Å². The summed E-state index contributed by atoms with van der Waals surface area (Å²) in [6.07, 6.45) is 0. The maximum Gasteiger partial charge on any atom is 0.270 e. The summed E-state index contributed by atoms with van der Waals surface area (Å²) in [6.45, 7) is 6.28. The molecule has 7 heteroatoms. The molecule has 0 bridgehead atoms. The Morgan fingerprint density at radius 3 is 2.42 bits per heavy atom. The van der Waals surface area contributed by atoms with Gasteiger partial charge >= 0.3 is 0 Å². The largest absolute Gasteiger partial charge is 0.321 e. The number of nitro benzene ring substituents is 1. The summed E-state index contributed by atoms with van der Waals surface area (Å²) >= 11 is 9.43. The molecule has 0 spiro atoms. The first kappa shape index (κ1) is 18.4. The number of non-ortho nitro benzene ring substituents is 1. The predicted octanol–water partition coefficient (Wildman–Crippen LogP) is 5.56. The molecular formula is C17H16BrClN2O3. The van der Waals surface area contributed by atoms with Gasteiger partial charge in [0.2, 0.25) is 0 Å². The minimum Gasteiger partial charge on any atom is -0.321 e. The monoisotopic (exact) mass is 410 g/mol. The summed E-state index contributed by atoms with van der Waals surface area (Å²) in [5.74, 6) is -0.507. The topological polar surface area (TPSA) is 72.2 Å². The molecule has 2 rings (SSSR count). The highest BCUT2D eigenvalue weighted by Crippen LogP contribution is 2.31. The number of rotatable bonds is 3. The lowest BCUT2D eigenvalue weighted by atomic mass is 9.87. The first-order valence-corrected chi connectivity index (χ1v) is 8.32. The molecule has 0 aliphatic carbocycles. The molecule has 126 valence electrons. The van der Waals surface area contributed by atoms with Crippen LogP contribution >= 0.6 is 27.5 Å². The lowest BCUT2D eigenvalue weighted by molar-refractivity contribution is -0.384. The molecule has 5 nitrogen and oxygen atoms in total. The molecule has 24 heavy (non-hydrogen) atoms. The van der Waals surface area contributed by atoms with E-state index in [1.54, 1.807) is 6.07 Å². The van der Waals surface area contributed by atoms with E-state index in [0.29, 0.717) is 5.69 Å². The van der Waals surface area contributed by atoms with Gasteiger partial charge in [0, 0.05) is 16.6 Å². The van der Waals surface area contributed by atoms with E-state index in [1.807, 2.05) is 12.1 Å². The molecule has 0 aromatic heterocycles. The second-order valence-corrected chi connectivity index (χ2v) is 7.58. The molecule has 0 saturated carbocycles. The van der Waals surface area contributed by atoms with Crippen molar-refractivity contribution in [3.8, 4) is 0 Å². The Labute approximate surface area is 153 Å². The maximum atomic E-state index is 12.4. The Balaban J connectivity index is 2.30. The molecular weight excluding hydrogens is 396 g/mol. The number of halogens is 2. The van der Waals surface area contributed by atoms with Crippen molar-refractivity contribution in [2.75, 3.05) is 5.32 Å². The Bertz CT molecular complexity index is 816. The van der Waals surface area contributed by atoms with Gasteiger partial charge in [0.15, 0.2) is 0 Å². The molecule has 0 aliphatic heterocycles. The van der Waals surface area contributed by atoms with Crippen LogP contribution in [0, 0.1) is 10.1 Å².